The molecular weight excluding hydrogens is 316 g/mol. The first-order chi connectivity index (χ1) is 12.1. The standard InChI is InChI=1S/C20H24N2O3/c1-14-12-15-6-4-5-7-18(15)22(14)11-10-20(23)21-17-9-8-16(24-2)13-19(17)25-3/h4-9,13-14H,10-12H2,1-3H3,(H,21,23). The van der Waals surface area contributed by atoms with Crippen molar-refractivity contribution in [2.24, 2.45) is 0 Å². The Morgan fingerprint density at radius 1 is 1.20 bits per heavy atom. The van der Waals surface area contributed by atoms with E-state index in [0.717, 1.165) is 6.42 Å². The topological polar surface area (TPSA) is 50.8 Å². The van der Waals surface area contributed by atoms with Gasteiger partial charge in [0.25, 0.3) is 0 Å². The van der Waals surface area contributed by atoms with E-state index in [9.17, 15) is 4.79 Å². The third kappa shape index (κ3) is 3.71. The molecule has 5 nitrogen and oxygen atoms in total. The molecule has 1 N–H and O–H groups in total. The SMILES string of the molecule is COc1ccc(NC(=O)CCN2c3ccccc3CC2C)c(OC)c1. The average molecular weight is 340 g/mol. The fourth-order valence-corrected chi connectivity index (χ4v) is 3.31. The number of ether oxygens (including phenoxy) is 2. The Labute approximate surface area is 148 Å². The van der Waals surface area contributed by atoms with Gasteiger partial charge in [0.1, 0.15) is 11.5 Å². The van der Waals surface area contributed by atoms with E-state index in [2.05, 4.69) is 35.3 Å². The third-order valence-corrected chi connectivity index (χ3v) is 4.61. The van der Waals surface area contributed by atoms with Crippen molar-refractivity contribution in [2.75, 3.05) is 31.0 Å². The molecule has 5 heteroatoms. The largest absolute Gasteiger partial charge is 0.497 e. The van der Waals surface area contributed by atoms with Gasteiger partial charge < -0.3 is 19.7 Å². The number of fused-ring (bicyclic) bond motifs is 1. The van der Waals surface area contributed by atoms with E-state index in [-0.39, 0.29) is 5.91 Å². The smallest absolute Gasteiger partial charge is 0.226 e. The second-order valence-electron chi connectivity index (χ2n) is 6.24. The van der Waals surface area contributed by atoms with E-state index >= 15 is 0 Å². The lowest BCUT2D eigenvalue weighted by molar-refractivity contribution is -0.116. The zero-order valence-electron chi connectivity index (χ0n) is 14.9. The predicted molar refractivity (Wildman–Crippen MR) is 99.7 cm³/mol. The summed E-state index contributed by atoms with van der Waals surface area (Å²) in [5.41, 5.74) is 3.25. The molecule has 25 heavy (non-hydrogen) atoms. The number of benzene rings is 2. The molecule has 3 rings (SSSR count). The van der Waals surface area contributed by atoms with Gasteiger partial charge in [0, 0.05) is 30.8 Å². The quantitative estimate of drug-likeness (QED) is 0.875. The molecule has 132 valence electrons. The van der Waals surface area contributed by atoms with Gasteiger partial charge in [-0.1, -0.05) is 18.2 Å². The summed E-state index contributed by atoms with van der Waals surface area (Å²) in [5.74, 6) is 1.25. The van der Waals surface area contributed by atoms with Crippen LogP contribution in [0.15, 0.2) is 42.5 Å². The van der Waals surface area contributed by atoms with Gasteiger partial charge in [0.15, 0.2) is 0 Å². The zero-order chi connectivity index (χ0) is 17.8. The van der Waals surface area contributed by atoms with Crippen molar-refractivity contribution in [2.45, 2.75) is 25.8 Å². The Kier molecular flexibility index (Phi) is 5.12. The molecular formula is C20H24N2O3. The molecule has 2 aromatic rings. The number of rotatable bonds is 6. The van der Waals surface area contributed by atoms with Gasteiger partial charge in [-0.2, -0.15) is 0 Å². The maximum absolute atomic E-state index is 12.4. The predicted octanol–water partition coefficient (Wildman–Crippen LogP) is 3.48. The Morgan fingerprint density at radius 3 is 2.76 bits per heavy atom. The number of carbonyl (C=O) groups excluding carboxylic acids is 1. The van der Waals surface area contributed by atoms with Crippen LogP contribution in [0.4, 0.5) is 11.4 Å². The van der Waals surface area contributed by atoms with E-state index in [4.69, 9.17) is 9.47 Å². The maximum atomic E-state index is 12.4. The fourth-order valence-electron chi connectivity index (χ4n) is 3.31. The first kappa shape index (κ1) is 17.1. The molecule has 1 heterocycles. The molecule has 0 aromatic heterocycles. The van der Waals surface area contributed by atoms with Crippen molar-refractivity contribution in [3.05, 3.63) is 48.0 Å². The van der Waals surface area contributed by atoms with Gasteiger partial charge in [-0.15, -0.1) is 0 Å². The number of nitrogens with one attached hydrogen (secondary N) is 1. The van der Waals surface area contributed by atoms with E-state index < -0.39 is 0 Å². The van der Waals surface area contributed by atoms with Crippen LogP contribution < -0.4 is 19.7 Å². The minimum Gasteiger partial charge on any atom is -0.497 e. The lowest BCUT2D eigenvalue weighted by Crippen LogP contribution is -2.32. The van der Waals surface area contributed by atoms with Crippen molar-refractivity contribution in [3.8, 4) is 11.5 Å². The van der Waals surface area contributed by atoms with Gasteiger partial charge in [0.2, 0.25) is 5.91 Å². The van der Waals surface area contributed by atoms with Crippen molar-refractivity contribution < 1.29 is 14.3 Å². The molecule has 1 amide bonds. The molecule has 2 aromatic carbocycles. The summed E-state index contributed by atoms with van der Waals surface area (Å²) in [6.07, 6.45) is 1.46. The van der Waals surface area contributed by atoms with Crippen molar-refractivity contribution in [3.63, 3.8) is 0 Å². The molecule has 1 atom stereocenters. The molecule has 0 fully saturated rings. The summed E-state index contributed by atoms with van der Waals surface area (Å²) in [6, 6.07) is 14.2. The first-order valence-corrected chi connectivity index (χ1v) is 8.48. The summed E-state index contributed by atoms with van der Waals surface area (Å²) in [7, 11) is 3.18. The van der Waals surface area contributed by atoms with Gasteiger partial charge >= 0.3 is 0 Å². The normalized spacial score (nSPS) is 15.6. The van der Waals surface area contributed by atoms with Gasteiger partial charge in [-0.3, -0.25) is 4.79 Å². The van der Waals surface area contributed by atoms with E-state index in [0.29, 0.717) is 36.2 Å². The van der Waals surface area contributed by atoms with Gasteiger partial charge in [-0.25, -0.2) is 0 Å². The number of hydrogen-bond acceptors (Lipinski definition) is 4. The lowest BCUT2D eigenvalue weighted by atomic mass is 10.1. The fraction of sp³-hybridized carbons (Fsp3) is 0.350. The minimum atomic E-state index is -0.0277. The second-order valence-corrected chi connectivity index (χ2v) is 6.24. The van der Waals surface area contributed by atoms with Crippen LogP contribution >= 0.6 is 0 Å². The van der Waals surface area contributed by atoms with Crippen LogP contribution in [0.1, 0.15) is 18.9 Å². The Bertz CT molecular complexity index is 760. The number of hydrogen-bond donors (Lipinski definition) is 1. The molecule has 0 aliphatic carbocycles. The highest BCUT2D eigenvalue weighted by molar-refractivity contribution is 5.92. The van der Waals surface area contributed by atoms with Crippen LogP contribution in [0.2, 0.25) is 0 Å². The molecule has 0 spiro atoms. The average Bonchev–Trinajstić information content (AvgIpc) is 2.95. The summed E-state index contributed by atoms with van der Waals surface area (Å²) in [6.45, 7) is 2.90. The lowest BCUT2D eigenvalue weighted by Gasteiger charge is -2.24. The number of nitrogens with zero attached hydrogens (tertiary/aromatic N) is 1. The summed E-state index contributed by atoms with van der Waals surface area (Å²) >= 11 is 0. The molecule has 1 aliphatic heterocycles. The van der Waals surface area contributed by atoms with Crippen molar-refractivity contribution >= 4 is 17.3 Å². The number of amides is 1. The highest BCUT2D eigenvalue weighted by Crippen LogP contribution is 2.32. The maximum Gasteiger partial charge on any atom is 0.226 e. The van der Waals surface area contributed by atoms with Crippen molar-refractivity contribution in [1.29, 1.82) is 0 Å². The van der Waals surface area contributed by atoms with Crippen LogP contribution in [-0.4, -0.2) is 32.7 Å². The number of methoxy groups -OCH3 is 2. The molecule has 1 unspecified atom stereocenters. The Balaban J connectivity index is 1.62. The zero-order valence-corrected chi connectivity index (χ0v) is 14.9. The Hall–Kier alpha value is -2.69. The number of anilines is 2. The molecule has 1 aliphatic rings. The molecule has 0 saturated heterocycles. The van der Waals surface area contributed by atoms with Gasteiger partial charge in [0.05, 0.1) is 19.9 Å². The molecule has 0 saturated carbocycles. The van der Waals surface area contributed by atoms with Crippen LogP contribution in [0.5, 0.6) is 11.5 Å². The van der Waals surface area contributed by atoms with E-state index in [1.54, 1.807) is 32.4 Å². The highest BCUT2D eigenvalue weighted by Gasteiger charge is 2.25. The van der Waals surface area contributed by atoms with Crippen molar-refractivity contribution in [1.82, 2.24) is 0 Å². The highest BCUT2D eigenvalue weighted by atomic mass is 16.5. The second kappa shape index (κ2) is 7.47. The Morgan fingerprint density at radius 2 is 2.00 bits per heavy atom. The number of para-hydroxylation sites is 1. The number of carbonyl (C=O) groups is 1. The van der Waals surface area contributed by atoms with Crippen LogP contribution in [0.25, 0.3) is 0 Å². The monoisotopic (exact) mass is 340 g/mol. The van der Waals surface area contributed by atoms with Crippen LogP contribution in [0, 0.1) is 0 Å². The summed E-state index contributed by atoms with van der Waals surface area (Å²) < 4.78 is 10.5. The van der Waals surface area contributed by atoms with Crippen LogP contribution in [0.3, 0.4) is 0 Å². The summed E-state index contributed by atoms with van der Waals surface area (Å²) in [5, 5.41) is 2.93. The van der Waals surface area contributed by atoms with E-state index in [1.807, 2.05) is 6.07 Å². The van der Waals surface area contributed by atoms with E-state index in [1.165, 1.54) is 11.3 Å². The third-order valence-electron chi connectivity index (χ3n) is 4.61. The van der Waals surface area contributed by atoms with Crippen LogP contribution in [-0.2, 0) is 11.2 Å². The van der Waals surface area contributed by atoms with Gasteiger partial charge in [-0.05, 0) is 37.1 Å². The summed E-state index contributed by atoms with van der Waals surface area (Å²) in [4.78, 5) is 14.7. The molecule has 0 bridgehead atoms. The minimum absolute atomic E-state index is 0.0277. The first-order valence-electron chi connectivity index (χ1n) is 8.48. The molecule has 0 radical (unpaired) electrons.